The van der Waals surface area contributed by atoms with Gasteiger partial charge in [0.1, 0.15) is 11.9 Å². The van der Waals surface area contributed by atoms with E-state index in [0.29, 0.717) is 11.4 Å². The van der Waals surface area contributed by atoms with Crippen LogP contribution in [0.1, 0.15) is 25.7 Å². The molecule has 0 atom stereocenters. The van der Waals surface area contributed by atoms with Gasteiger partial charge >= 0.3 is 5.97 Å². The summed E-state index contributed by atoms with van der Waals surface area (Å²) in [7, 11) is 0. The van der Waals surface area contributed by atoms with E-state index in [1.165, 1.54) is 0 Å². The van der Waals surface area contributed by atoms with Crippen molar-refractivity contribution in [3.05, 3.63) is 29.3 Å². The molecule has 1 aliphatic heterocycles. The van der Waals surface area contributed by atoms with E-state index in [4.69, 9.17) is 21.4 Å². The van der Waals surface area contributed by atoms with Gasteiger partial charge in [-0.2, -0.15) is 0 Å². The van der Waals surface area contributed by atoms with Gasteiger partial charge in [-0.3, -0.25) is 4.79 Å². The van der Waals surface area contributed by atoms with Crippen LogP contribution in [0.2, 0.25) is 5.02 Å². The Kier molecular flexibility index (Phi) is 5.68. The first-order chi connectivity index (χ1) is 9.65. The minimum atomic E-state index is -0.720. The van der Waals surface area contributed by atoms with Gasteiger partial charge in [-0.25, -0.2) is 0 Å². The Morgan fingerprint density at radius 3 is 2.70 bits per heavy atom. The number of ether oxygens (including phenoxy) is 1. The summed E-state index contributed by atoms with van der Waals surface area (Å²) in [5.41, 5.74) is 0. The van der Waals surface area contributed by atoms with Crippen molar-refractivity contribution in [1.29, 1.82) is 0 Å². The maximum atomic E-state index is 10.5. The summed E-state index contributed by atoms with van der Waals surface area (Å²) < 4.78 is 5.92. The van der Waals surface area contributed by atoms with Gasteiger partial charge in [0.15, 0.2) is 0 Å². The fourth-order valence-corrected chi connectivity index (χ4v) is 2.60. The number of para-hydroxylation sites is 1. The van der Waals surface area contributed by atoms with E-state index in [-0.39, 0.29) is 12.5 Å². The molecule has 1 aromatic rings. The van der Waals surface area contributed by atoms with Gasteiger partial charge in [0.05, 0.1) is 5.02 Å². The van der Waals surface area contributed by atoms with Gasteiger partial charge in [-0.1, -0.05) is 23.7 Å². The summed E-state index contributed by atoms with van der Waals surface area (Å²) >= 11 is 6.08. The number of hydrogen-bond acceptors (Lipinski definition) is 3. The number of carboxylic acids is 1. The molecule has 0 bridgehead atoms. The molecule has 1 fully saturated rings. The molecule has 0 aliphatic carbocycles. The number of likely N-dealkylation sites (tertiary alicyclic amines) is 1. The number of aliphatic carboxylic acids is 1. The highest BCUT2D eigenvalue weighted by molar-refractivity contribution is 6.32. The number of carbonyl (C=O) groups is 1. The lowest BCUT2D eigenvalue weighted by Crippen LogP contribution is -2.38. The number of halogens is 1. The van der Waals surface area contributed by atoms with Crippen LogP contribution in [0.25, 0.3) is 0 Å². The van der Waals surface area contributed by atoms with E-state index in [1.54, 1.807) is 0 Å². The fourth-order valence-electron chi connectivity index (χ4n) is 2.42. The Labute approximate surface area is 124 Å². The van der Waals surface area contributed by atoms with Gasteiger partial charge < -0.3 is 14.7 Å². The van der Waals surface area contributed by atoms with E-state index in [0.717, 1.165) is 38.2 Å². The normalized spacial score (nSPS) is 17.1. The van der Waals surface area contributed by atoms with E-state index in [1.807, 2.05) is 24.3 Å². The second-order valence-corrected chi connectivity index (χ2v) is 5.49. The lowest BCUT2D eigenvalue weighted by molar-refractivity contribution is -0.137. The molecule has 1 N–H and O–H groups in total. The molecule has 4 nitrogen and oxygen atoms in total. The molecule has 2 rings (SSSR count). The fraction of sp³-hybridized carbons (Fsp3) is 0.533. The lowest BCUT2D eigenvalue weighted by Gasteiger charge is -2.32. The van der Waals surface area contributed by atoms with Crippen molar-refractivity contribution < 1.29 is 14.6 Å². The SMILES string of the molecule is O=C(O)CCCN1CCC(Oc2ccccc2Cl)CC1. The van der Waals surface area contributed by atoms with Crippen molar-refractivity contribution in [2.45, 2.75) is 31.8 Å². The predicted octanol–water partition coefficient (Wildman–Crippen LogP) is 3.05. The Hall–Kier alpha value is -1.26. The molecule has 0 radical (unpaired) electrons. The van der Waals surface area contributed by atoms with Crippen LogP contribution >= 0.6 is 11.6 Å². The Morgan fingerprint density at radius 2 is 2.05 bits per heavy atom. The van der Waals surface area contributed by atoms with Crippen molar-refractivity contribution in [3.8, 4) is 5.75 Å². The van der Waals surface area contributed by atoms with Crippen molar-refractivity contribution in [1.82, 2.24) is 4.90 Å². The van der Waals surface area contributed by atoms with E-state index < -0.39 is 5.97 Å². The third kappa shape index (κ3) is 4.69. The highest BCUT2D eigenvalue weighted by Crippen LogP contribution is 2.26. The standard InChI is InChI=1S/C15H20ClNO3/c16-13-4-1-2-5-14(13)20-12-7-10-17(11-8-12)9-3-6-15(18)19/h1-2,4-5,12H,3,6-11H2,(H,18,19). The zero-order valence-electron chi connectivity index (χ0n) is 11.4. The molecule has 1 saturated heterocycles. The monoisotopic (exact) mass is 297 g/mol. The van der Waals surface area contributed by atoms with E-state index in [2.05, 4.69) is 4.90 Å². The first-order valence-electron chi connectivity index (χ1n) is 7.00. The van der Waals surface area contributed by atoms with Crippen molar-refractivity contribution in [3.63, 3.8) is 0 Å². The van der Waals surface area contributed by atoms with E-state index >= 15 is 0 Å². The van der Waals surface area contributed by atoms with Crippen molar-refractivity contribution in [2.75, 3.05) is 19.6 Å². The van der Waals surface area contributed by atoms with Crippen LogP contribution in [0.4, 0.5) is 0 Å². The Balaban J connectivity index is 1.72. The molecule has 0 spiro atoms. The maximum absolute atomic E-state index is 10.5. The molecule has 20 heavy (non-hydrogen) atoms. The van der Waals surface area contributed by atoms with E-state index in [9.17, 15) is 4.79 Å². The molecular formula is C15H20ClNO3. The second-order valence-electron chi connectivity index (χ2n) is 5.09. The first kappa shape index (κ1) is 15.1. The van der Waals surface area contributed by atoms with Crippen LogP contribution in [-0.2, 0) is 4.79 Å². The first-order valence-corrected chi connectivity index (χ1v) is 7.38. The molecule has 1 heterocycles. The topological polar surface area (TPSA) is 49.8 Å². The Morgan fingerprint density at radius 1 is 1.35 bits per heavy atom. The third-order valence-corrected chi connectivity index (χ3v) is 3.84. The molecular weight excluding hydrogens is 278 g/mol. The number of hydrogen-bond donors (Lipinski definition) is 1. The van der Waals surface area contributed by atoms with Crippen LogP contribution in [0.15, 0.2) is 24.3 Å². The summed E-state index contributed by atoms with van der Waals surface area (Å²) in [6.45, 7) is 2.76. The quantitative estimate of drug-likeness (QED) is 0.877. The molecule has 0 aromatic heterocycles. The summed E-state index contributed by atoms with van der Waals surface area (Å²) in [5, 5.41) is 9.27. The van der Waals surface area contributed by atoms with Crippen LogP contribution < -0.4 is 4.74 Å². The number of rotatable bonds is 6. The summed E-state index contributed by atoms with van der Waals surface area (Å²) in [4.78, 5) is 12.8. The van der Waals surface area contributed by atoms with Gasteiger partial charge in [0.25, 0.3) is 0 Å². The third-order valence-electron chi connectivity index (χ3n) is 3.53. The molecule has 5 heteroatoms. The molecule has 110 valence electrons. The van der Waals surface area contributed by atoms with Crippen LogP contribution in [0, 0.1) is 0 Å². The van der Waals surface area contributed by atoms with Gasteiger partial charge in [0, 0.05) is 19.5 Å². The Bertz CT molecular complexity index is 444. The maximum Gasteiger partial charge on any atom is 0.303 e. The van der Waals surface area contributed by atoms with Gasteiger partial charge in [-0.05, 0) is 37.9 Å². The zero-order chi connectivity index (χ0) is 14.4. The summed E-state index contributed by atoms with van der Waals surface area (Å²) in [6, 6.07) is 7.53. The van der Waals surface area contributed by atoms with Crippen LogP contribution in [0.3, 0.4) is 0 Å². The molecule has 1 aromatic carbocycles. The van der Waals surface area contributed by atoms with Crippen molar-refractivity contribution in [2.24, 2.45) is 0 Å². The highest BCUT2D eigenvalue weighted by atomic mass is 35.5. The average molecular weight is 298 g/mol. The highest BCUT2D eigenvalue weighted by Gasteiger charge is 2.20. The molecule has 0 saturated carbocycles. The second kappa shape index (κ2) is 7.50. The summed E-state index contributed by atoms with van der Waals surface area (Å²) in [5.74, 6) is 0.0282. The van der Waals surface area contributed by atoms with Crippen molar-refractivity contribution >= 4 is 17.6 Å². The molecule has 0 amide bonds. The smallest absolute Gasteiger partial charge is 0.303 e. The average Bonchev–Trinajstić information content (AvgIpc) is 2.43. The largest absolute Gasteiger partial charge is 0.489 e. The molecule has 0 unspecified atom stereocenters. The lowest BCUT2D eigenvalue weighted by atomic mass is 10.1. The minimum Gasteiger partial charge on any atom is -0.489 e. The number of piperidine rings is 1. The van der Waals surface area contributed by atoms with Gasteiger partial charge in [-0.15, -0.1) is 0 Å². The van der Waals surface area contributed by atoms with Crippen LogP contribution in [-0.4, -0.2) is 41.7 Å². The predicted molar refractivity (Wildman–Crippen MR) is 78.4 cm³/mol. The minimum absolute atomic E-state index is 0.200. The zero-order valence-corrected chi connectivity index (χ0v) is 12.2. The number of nitrogens with zero attached hydrogens (tertiary/aromatic N) is 1. The summed E-state index contributed by atoms with van der Waals surface area (Å²) in [6.07, 6.45) is 3.07. The molecule has 1 aliphatic rings. The van der Waals surface area contributed by atoms with Crippen LogP contribution in [0.5, 0.6) is 5.75 Å². The number of benzene rings is 1. The number of carboxylic acid groups (broad SMARTS) is 1. The van der Waals surface area contributed by atoms with Gasteiger partial charge in [0.2, 0.25) is 0 Å².